The van der Waals surface area contributed by atoms with Gasteiger partial charge in [-0.3, -0.25) is 14.4 Å². The highest BCUT2D eigenvalue weighted by atomic mass is 16.6. The quantitative estimate of drug-likeness (QED) is 0.0199. The van der Waals surface area contributed by atoms with Crippen LogP contribution in [0.15, 0.2) is 109 Å². The van der Waals surface area contributed by atoms with Gasteiger partial charge in [-0.15, -0.1) is 0 Å². The van der Waals surface area contributed by atoms with E-state index in [1.54, 1.807) is 0 Å². The first-order valence-corrected chi connectivity index (χ1v) is 26.5. The Hall–Kier alpha value is -3.93. The van der Waals surface area contributed by atoms with Crippen molar-refractivity contribution >= 4 is 17.9 Å². The predicted molar refractivity (Wildman–Crippen MR) is 279 cm³/mol. The van der Waals surface area contributed by atoms with E-state index >= 15 is 0 Å². The van der Waals surface area contributed by atoms with E-state index in [1.165, 1.54) is 64.2 Å². The number of rotatable bonds is 46. The second kappa shape index (κ2) is 52.7. The summed E-state index contributed by atoms with van der Waals surface area (Å²) in [6, 6.07) is 0. The van der Waals surface area contributed by atoms with Gasteiger partial charge in [-0.2, -0.15) is 0 Å². The van der Waals surface area contributed by atoms with Gasteiger partial charge >= 0.3 is 17.9 Å². The van der Waals surface area contributed by atoms with Gasteiger partial charge in [-0.05, 0) is 89.9 Å². The number of unbranched alkanes of at least 4 members (excludes halogenated alkanes) is 21. The molecule has 0 fully saturated rings. The van der Waals surface area contributed by atoms with Crippen molar-refractivity contribution in [2.75, 3.05) is 13.2 Å². The second-order valence-corrected chi connectivity index (χ2v) is 17.1. The van der Waals surface area contributed by atoms with Crippen molar-refractivity contribution < 1.29 is 28.6 Å². The average Bonchev–Trinajstić information content (AvgIpc) is 3.30. The molecule has 0 bridgehead atoms. The number of esters is 3. The summed E-state index contributed by atoms with van der Waals surface area (Å²) in [5.41, 5.74) is 0. The van der Waals surface area contributed by atoms with E-state index in [4.69, 9.17) is 14.2 Å². The molecule has 0 saturated heterocycles. The summed E-state index contributed by atoms with van der Waals surface area (Å²) in [7, 11) is 0. The fourth-order valence-corrected chi connectivity index (χ4v) is 6.99. The van der Waals surface area contributed by atoms with Gasteiger partial charge < -0.3 is 14.2 Å². The first-order valence-electron chi connectivity index (χ1n) is 26.5. The highest BCUT2D eigenvalue weighted by Gasteiger charge is 2.19. The third-order valence-electron chi connectivity index (χ3n) is 10.9. The van der Waals surface area contributed by atoms with Gasteiger partial charge in [0.15, 0.2) is 6.10 Å². The first kappa shape index (κ1) is 61.1. The average molecular weight is 901 g/mol. The smallest absolute Gasteiger partial charge is 0.306 e. The van der Waals surface area contributed by atoms with Crippen LogP contribution < -0.4 is 0 Å². The summed E-state index contributed by atoms with van der Waals surface area (Å²) >= 11 is 0. The summed E-state index contributed by atoms with van der Waals surface area (Å²) < 4.78 is 16.8. The number of carbonyl (C=O) groups excluding carboxylic acids is 3. The molecule has 0 aliphatic carbocycles. The number of ether oxygens (including phenoxy) is 3. The van der Waals surface area contributed by atoms with Crippen molar-refractivity contribution in [2.24, 2.45) is 0 Å². The van der Waals surface area contributed by atoms with Gasteiger partial charge in [0.25, 0.3) is 0 Å². The summed E-state index contributed by atoms with van der Waals surface area (Å²) in [6.07, 6.45) is 70.7. The highest BCUT2D eigenvalue weighted by molar-refractivity contribution is 5.71. The Kier molecular flexibility index (Phi) is 49.5. The third kappa shape index (κ3) is 50.9. The van der Waals surface area contributed by atoms with Gasteiger partial charge in [0.2, 0.25) is 0 Å². The fourth-order valence-electron chi connectivity index (χ4n) is 6.99. The van der Waals surface area contributed by atoms with Gasteiger partial charge in [-0.1, -0.05) is 226 Å². The van der Waals surface area contributed by atoms with Crippen LogP contribution in [0.4, 0.5) is 0 Å². The van der Waals surface area contributed by atoms with E-state index in [2.05, 4.69) is 130 Å². The monoisotopic (exact) mass is 901 g/mol. The zero-order valence-electron chi connectivity index (χ0n) is 42.0. The molecule has 6 heteroatoms. The SMILES string of the molecule is CC/C=C/C=C/C=C/CCCCCCCCCC(=O)OC(COC(=O)CCCCCCC/C=C/C=C/C=C/CC)COC(=O)CCCCCCCCCCC/C=C/C/C=C/C/C=C/CC. The maximum atomic E-state index is 12.8. The van der Waals surface area contributed by atoms with Crippen LogP contribution in [-0.4, -0.2) is 37.2 Å². The van der Waals surface area contributed by atoms with Gasteiger partial charge in [-0.25, -0.2) is 0 Å². The Bertz CT molecular complexity index is 1360. The van der Waals surface area contributed by atoms with E-state index in [0.29, 0.717) is 19.3 Å². The molecule has 0 rings (SSSR count). The molecule has 0 aromatic heterocycles. The van der Waals surface area contributed by atoms with Crippen LogP contribution in [-0.2, 0) is 28.6 Å². The molecule has 65 heavy (non-hydrogen) atoms. The predicted octanol–water partition coefficient (Wildman–Crippen LogP) is 17.5. The van der Waals surface area contributed by atoms with Crippen LogP contribution in [0.2, 0.25) is 0 Å². The van der Waals surface area contributed by atoms with Crippen LogP contribution in [0.5, 0.6) is 0 Å². The molecule has 0 amide bonds. The molecule has 1 unspecified atom stereocenters. The molecule has 0 N–H and O–H groups in total. The molecular formula is C59H96O6. The minimum absolute atomic E-state index is 0.0946. The van der Waals surface area contributed by atoms with Crippen molar-refractivity contribution in [3.8, 4) is 0 Å². The van der Waals surface area contributed by atoms with Crippen molar-refractivity contribution in [2.45, 2.75) is 232 Å². The zero-order chi connectivity index (χ0) is 47.2. The lowest BCUT2D eigenvalue weighted by atomic mass is 10.1. The minimum Gasteiger partial charge on any atom is -0.462 e. The Labute approximate surface area is 400 Å². The van der Waals surface area contributed by atoms with Crippen molar-refractivity contribution in [3.63, 3.8) is 0 Å². The number of hydrogen-bond donors (Lipinski definition) is 0. The number of carbonyl (C=O) groups is 3. The Balaban J connectivity index is 4.42. The van der Waals surface area contributed by atoms with Crippen molar-refractivity contribution in [3.05, 3.63) is 109 Å². The Morgan fingerprint density at radius 2 is 0.631 bits per heavy atom. The fraction of sp³-hybridized carbons (Fsp3) is 0.644. The molecule has 0 aromatic rings. The molecule has 0 aromatic carbocycles. The first-order chi connectivity index (χ1) is 32.0. The summed E-state index contributed by atoms with van der Waals surface area (Å²) in [4.78, 5) is 38.0. The summed E-state index contributed by atoms with van der Waals surface area (Å²) in [5, 5.41) is 0. The molecule has 0 aliphatic rings. The van der Waals surface area contributed by atoms with Gasteiger partial charge in [0.1, 0.15) is 13.2 Å². The van der Waals surface area contributed by atoms with E-state index in [0.717, 1.165) is 122 Å². The zero-order valence-corrected chi connectivity index (χ0v) is 42.0. The second-order valence-electron chi connectivity index (χ2n) is 17.1. The Morgan fingerprint density at radius 1 is 0.323 bits per heavy atom. The molecule has 0 spiro atoms. The molecule has 0 aliphatic heterocycles. The lowest BCUT2D eigenvalue weighted by molar-refractivity contribution is -0.167. The molecule has 0 radical (unpaired) electrons. The molecule has 1 atom stereocenters. The van der Waals surface area contributed by atoms with Gasteiger partial charge in [0, 0.05) is 19.3 Å². The van der Waals surface area contributed by atoms with Crippen LogP contribution in [0.3, 0.4) is 0 Å². The molecule has 368 valence electrons. The lowest BCUT2D eigenvalue weighted by Crippen LogP contribution is -2.30. The van der Waals surface area contributed by atoms with E-state index in [-0.39, 0.29) is 31.1 Å². The Morgan fingerprint density at radius 3 is 1.03 bits per heavy atom. The molecule has 0 saturated carbocycles. The molecule has 0 heterocycles. The van der Waals surface area contributed by atoms with Crippen LogP contribution in [0, 0.1) is 0 Å². The van der Waals surface area contributed by atoms with Crippen LogP contribution in [0.1, 0.15) is 226 Å². The van der Waals surface area contributed by atoms with Crippen molar-refractivity contribution in [1.82, 2.24) is 0 Å². The maximum Gasteiger partial charge on any atom is 0.306 e. The normalized spacial score (nSPS) is 13.0. The largest absolute Gasteiger partial charge is 0.462 e. The van der Waals surface area contributed by atoms with E-state index in [9.17, 15) is 14.4 Å². The van der Waals surface area contributed by atoms with Crippen molar-refractivity contribution in [1.29, 1.82) is 0 Å². The topological polar surface area (TPSA) is 78.9 Å². The number of allylic oxidation sites excluding steroid dienone is 18. The standard InChI is InChI=1S/C59H96O6/c1-4-7-10-13-16-19-22-25-27-28-29-30-32-34-37-40-43-46-49-52-58(61)64-55-56(54-63-57(60)51-48-45-42-39-36-33-24-21-18-15-12-9-6-3)65-59(62)53-50-47-44-41-38-35-31-26-23-20-17-14-11-8-5-2/h7-12,14-21,23-25,27,56H,4-6,13,22,26,28-55H2,1-3H3/b10-7+,11-8+,12-9+,17-14+,18-15+,19-16+,23-20+,24-21+,27-25+. The van der Waals surface area contributed by atoms with Gasteiger partial charge in [0.05, 0.1) is 0 Å². The van der Waals surface area contributed by atoms with Crippen LogP contribution >= 0.6 is 0 Å². The molecular weight excluding hydrogens is 805 g/mol. The molecule has 6 nitrogen and oxygen atoms in total. The van der Waals surface area contributed by atoms with E-state index in [1.807, 2.05) is 0 Å². The maximum absolute atomic E-state index is 12.8. The van der Waals surface area contributed by atoms with E-state index < -0.39 is 6.10 Å². The summed E-state index contributed by atoms with van der Waals surface area (Å²) in [6.45, 7) is 6.23. The van der Waals surface area contributed by atoms with Crippen LogP contribution in [0.25, 0.3) is 0 Å². The third-order valence-corrected chi connectivity index (χ3v) is 10.9. The lowest BCUT2D eigenvalue weighted by Gasteiger charge is -2.18. The highest BCUT2D eigenvalue weighted by Crippen LogP contribution is 2.14. The number of hydrogen-bond acceptors (Lipinski definition) is 6. The summed E-state index contributed by atoms with van der Waals surface area (Å²) in [5.74, 6) is -0.937. The minimum atomic E-state index is -0.797.